The fourth-order valence-electron chi connectivity index (χ4n) is 3.71. The minimum absolute atomic E-state index is 0.284. The zero-order chi connectivity index (χ0) is 19.4. The van der Waals surface area contributed by atoms with E-state index < -0.39 is 23.8 Å². The molecule has 1 aromatic heterocycles. The number of carbonyl (C=O) groups excluding carboxylic acids is 3. The number of amides is 1. The lowest BCUT2D eigenvalue weighted by Crippen LogP contribution is -2.41. The highest BCUT2D eigenvalue weighted by molar-refractivity contribution is 7.17. The standard InChI is InChI=1S/C20H25NO5S/c1-2-11-26-20(25)16-14-9-5-6-10-15(14)27-18(16)21-17(22)12-7-3-4-8-13(12)19(23)24/h3-4,12-13H,2,5-11H2,1H3,(H,21,22)(H,23,24)/p-1/t12-,13+/m0/s1. The number of rotatable bonds is 6. The number of anilines is 1. The van der Waals surface area contributed by atoms with E-state index in [0.717, 1.165) is 42.5 Å². The summed E-state index contributed by atoms with van der Waals surface area (Å²) in [5.41, 5.74) is 1.43. The molecule has 0 saturated carbocycles. The second-order valence-electron chi connectivity index (χ2n) is 7.02. The number of aliphatic carboxylic acids is 1. The Hall–Kier alpha value is -2.15. The van der Waals surface area contributed by atoms with Gasteiger partial charge < -0.3 is 20.0 Å². The van der Waals surface area contributed by atoms with Crippen LogP contribution >= 0.6 is 11.3 Å². The molecule has 7 heteroatoms. The van der Waals surface area contributed by atoms with E-state index >= 15 is 0 Å². The van der Waals surface area contributed by atoms with Gasteiger partial charge in [-0.25, -0.2) is 4.79 Å². The maximum Gasteiger partial charge on any atom is 0.341 e. The summed E-state index contributed by atoms with van der Waals surface area (Å²) in [6, 6.07) is 0. The molecule has 0 bridgehead atoms. The van der Waals surface area contributed by atoms with Crippen molar-refractivity contribution in [1.29, 1.82) is 0 Å². The van der Waals surface area contributed by atoms with Gasteiger partial charge in [0.2, 0.25) is 5.91 Å². The fraction of sp³-hybridized carbons (Fsp3) is 0.550. The molecule has 1 N–H and O–H groups in total. The van der Waals surface area contributed by atoms with E-state index in [9.17, 15) is 19.5 Å². The summed E-state index contributed by atoms with van der Waals surface area (Å²) >= 11 is 1.41. The first kappa shape index (κ1) is 19.6. The van der Waals surface area contributed by atoms with Gasteiger partial charge >= 0.3 is 5.97 Å². The molecule has 2 aliphatic carbocycles. The number of thiophene rings is 1. The molecule has 146 valence electrons. The fourth-order valence-corrected chi connectivity index (χ4v) is 4.99. The van der Waals surface area contributed by atoms with Crippen LogP contribution in [-0.4, -0.2) is 24.5 Å². The summed E-state index contributed by atoms with van der Waals surface area (Å²) in [5.74, 6) is -3.55. The number of ether oxygens (including phenoxy) is 1. The van der Waals surface area contributed by atoms with Crippen molar-refractivity contribution in [2.75, 3.05) is 11.9 Å². The van der Waals surface area contributed by atoms with E-state index in [-0.39, 0.29) is 12.3 Å². The Labute approximate surface area is 162 Å². The van der Waals surface area contributed by atoms with E-state index in [2.05, 4.69) is 5.32 Å². The van der Waals surface area contributed by atoms with E-state index in [4.69, 9.17) is 4.74 Å². The lowest BCUT2D eigenvalue weighted by molar-refractivity contribution is -0.313. The zero-order valence-corrected chi connectivity index (χ0v) is 16.2. The molecule has 1 amide bonds. The van der Waals surface area contributed by atoms with Gasteiger partial charge in [0.1, 0.15) is 5.00 Å². The van der Waals surface area contributed by atoms with Crippen molar-refractivity contribution in [3.63, 3.8) is 0 Å². The number of allylic oxidation sites excluding steroid dienone is 2. The molecule has 6 nitrogen and oxygen atoms in total. The molecule has 2 aliphatic rings. The Kier molecular flexibility index (Phi) is 6.31. The van der Waals surface area contributed by atoms with Crippen LogP contribution in [0.25, 0.3) is 0 Å². The average molecular weight is 390 g/mol. The van der Waals surface area contributed by atoms with Crippen molar-refractivity contribution >= 4 is 34.2 Å². The van der Waals surface area contributed by atoms with Crippen LogP contribution in [0.15, 0.2) is 12.2 Å². The molecule has 1 aromatic rings. The van der Waals surface area contributed by atoms with Crippen LogP contribution < -0.4 is 10.4 Å². The maximum atomic E-state index is 12.8. The van der Waals surface area contributed by atoms with Crippen LogP contribution in [-0.2, 0) is 27.2 Å². The molecular weight excluding hydrogens is 366 g/mol. The molecule has 0 unspecified atom stereocenters. The van der Waals surface area contributed by atoms with E-state index in [1.165, 1.54) is 11.3 Å². The minimum Gasteiger partial charge on any atom is -0.550 e. The zero-order valence-electron chi connectivity index (χ0n) is 15.4. The van der Waals surface area contributed by atoms with Gasteiger partial charge in [-0.15, -0.1) is 11.3 Å². The first-order valence-electron chi connectivity index (χ1n) is 9.51. The first-order valence-corrected chi connectivity index (χ1v) is 10.3. The van der Waals surface area contributed by atoms with Crippen molar-refractivity contribution in [2.45, 2.75) is 51.9 Å². The molecule has 0 aliphatic heterocycles. The molecule has 3 rings (SSSR count). The third-order valence-electron chi connectivity index (χ3n) is 5.12. The number of fused-ring (bicyclic) bond motifs is 1. The largest absolute Gasteiger partial charge is 0.550 e. The quantitative estimate of drug-likeness (QED) is 0.595. The summed E-state index contributed by atoms with van der Waals surface area (Å²) in [7, 11) is 0. The van der Waals surface area contributed by atoms with E-state index in [0.29, 0.717) is 23.6 Å². The minimum atomic E-state index is -1.22. The van der Waals surface area contributed by atoms with Crippen molar-refractivity contribution in [3.8, 4) is 0 Å². The highest BCUT2D eigenvalue weighted by Crippen LogP contribution is 2.39. The van der Waals surface area contributed by atoms with Gasteiger partial charge in [-0.1, -0.05) is 19.1 Å². The number of carboxylic acids is 1. The predicted molar refractivity (Wildman–Crippen MR) is 101 cm³/mol. The van der Waals surface area contributed by atoms with Gasteiger partial charge in [-0.2, -0.15) is 0 Å². The summed E-state index contributed by atoms with van der Waals surface area (Å²) in [5, 5.41) is 14.7. The molecule has 0 radical (unpaired) electrons. The lowest BCUT2D eigenvalue weighted by Gasteiger charge is -2.28. The molecule has 0 fully saturated rings. The van der Waals surface area contributed by atoms with Gasteiger partial charge in [0.05, 0.1) is 18.1 Å². The van der Waals surface area contributed by atoms with E-state index in [1.54, 1.807) is 6.08 Å². The Morgan fingerprint density at radius 1 is 1.19 bits per heavy atom. The third kappa shape index (κ3) is 4.24. The lowest BCUT2D eigenvalue weighted by atomic mass is 9.82. The van der Waals surface area contributed by atoms with Crippen LogP contribution in [0.1, 0.15) is 59.8 Å². The molecule has 2 atom stereocenters. The second kappa shape index (κ2) is 8.69. The summed E-state index contributed by atoms with van der Waals surface area (Å²) < 4.78 is 5.33. The van der Waals surface area contributed by atoms with Crippen molar-refractivity contribution in [1.82, 2.24) is 0 Å². The topological polar surface area (TPSA) is 95.5 Å². The van der Waals surface area contributed by atoms with Gasteiger partial charge in [-0.3, -0.25) is 4.79 Å². The van der Waals surface area contributed by atoms with Gasteiger partial charge in [0.15, 0.2) is 0 Å². The maximum absolute atomic E-state index is 12.8. The smallest absolute Gasteiger partial charge is 0.341 e. The summed E-state index contributed by atoms with van der Waals surface area (Å²) in [6.07, 6.45) is 8.69. The van der Waals surface area contributed by atoms with Gasteiger partial charge in [-0.05, 0) is 50.5 Å². The SMILES string of the molecule is CCCOC(=O)c1c(NC(=O)[C@H]2CC=CC[C@H]2C(=O)[O-])sc2c1CCCC2. The number of hydrogen-bond acceptors (Lipinski definition) is 6. The summed E-state index contributed by atoms with van der Waals surface area (Å²) in [6.45, 7) is 2.26. The number of hydrogen-bond donors (Lipinski definition) is 1. The van der Waals surface area contributed by atoms with Gasteiger partial charge in [0, 0.05) is 16.8 Å². The van der Waals surface area contributed by atoms with E-state index in [1.807, 2.05) is 13.0 Å². The second-order valence-corrected chi connectivity index (χ2v) is 8.12. The normalized spacial score (nSPS) is 21.4. The molecule has 27 heavy (non-hydrogen) atoms. The number of carboxylic acid groups (broad SMARTS) is 1. The van der Waals surface area contributed by atoms with Gasteiger partial charge in [0.25, 0.3) is 0 Å². The van der Waals surface area contributed by atoms with Crippen LogP contribution in [0, 0.1) is 11.8 Å². The van der Waals surface area contributed by atoms with Crippen LogP contribution in [0.3, 0.4) is 0 Å². The molecule has 1 heterocycles. The Bertz CT molecular complexity index is 767. The number of nitrogens with one attached hydrogen (secondary N) is 1. The van der Waals surface area contributed by atoms with Crippen LogP contribution in [0.2, 0.25) is 0 Å². The van der Waals surface area contributed by atoms with Crippen molar-refractivity contribution < 1.29 is 24.2 Å². The predicted octanol–water partition coefficient (Wildman–Crippen LogP) is 2.46. The summed E-state index contributed by atoms with van der Waals surface area (Å²) in [4.78, 5) is 37.9. The first-order chi connectivity index (χ1) is 13.0. The third-order valence-corrected chi connectivity index (χ3v) is 6.33. The molecule has 0 aromatic carbocycles. The Morgan fingerprint density at radius 2 is 1.89 bits per heavy atom. The highest BCUT2D eigenvalue weighted by atomic mass is 32.1. The average Bonchev–Trinajstić information content (AvgIpc) is 3.03. The Balaban J connectivity index is 1.86. The monoisotopic (exact) mass is 390 g/mol. The molecule has 0 saturated heterocycles. The number of aryl methyl sites for hydroxylation is 1. The van der Waals surface area contributed by atoms with Crippen LogP contribution in [0.5, 0.6) is 0 Å². The van der Waals surface area contributed by atoms with Crippen LogP contribution in [0.4, 0.5) is 5.00 Å². The Morgan fingerprint density at radius 3 is 2.59 bits per heavy atom. The number of esters is 1. The number of carbonyl (C=O) groups is 3. The van der Waals surface area contributed by atoms with Crippen molar-refractivity contribution in [2.24, 2.45) is 11.8 Å². The highest BCUT2D eigenvalue weighted by Gasteiger charge is 2.33. The molecule has 0 spiro atoms. The van der Waals surface area contributed by atoms with Crippen molar-refractivity contribution in [3.05, 3.63) is 28.2 Å². The molecular formula is C20H24NO5S-.